The minimum atomic E-state index is -0.518. The van der Waals surface area contributed by atoms with Gasteiger partial charge in [-0.3, -0.25) is 9.59 Å². The van der Waals surface area contributed by atoms with E-state index < -0.39 is 11.7 Å². The second-order valence-electron chi connectivity index (χ2n) is 5.25. The molecule has 1 aliphatic rings. The average Bonchev–Trinajstić information content (AvgIpc) is 2.48. The molecule has 2 rings (SSSR count). The predicted molar refractivity (Wildman–Crippen MR) is 76.2 cm³/mol. The molecule has 4 nitrogen and oxygen atoms in total. The van der Waals surface area contributed by atoms with Crippen molar-refractivity contribution in [3.63, 3.8) is 0 Å². The molecule has 0 spiro atoms. The van der Waals surface area contributed by atoms with Gasteiger partial charge in [-0.15, -0.1) is 0 Å². The van der Waals surface area contributed by atoms with E-state index in [-0.39, 0.29) is 23.5 Å². The Bertz CT molecular complexity index is 510. The Hall–Kier alpha value is -1.91. The lowest BCUT2D eigenvalue weighted by molar-refractivity contribution is -0.149. The third kappa shape index (κ3) is 4.03. The van der Waals surface area contributed by atoms with Crippen LogP contribution in [-0.4, -0.2) is 24.5 Å². The highest BCUT2D eigenvalue weighted by Gasteiger charge is 2.28. The molecule has 1 aromatic carbocycles. The fourth-order valence-corrected chi connectivity index (χ4v) is 2.64. The number of hydrogen-bond donors (Lipinski definition) is 1. The maximum Gasteiger partial charge on any atom is 0.308 e. The van der Waals surface area contributed by atoms with Crippen molar-refractivity contribution in [1.82, 2.24) is 5.32 Å². The van der Waals surface area contributed by atoms with Crippen molar-refractivity contribution in [3.05, 3.63) is 35.6 Å². The lowest BCUT2D eigenvalue weighted by Gasteiger charge is -2.27. The van der Waals surface area contributed by atoms with E-state index in [1.807, 2.05) is 0 Å². The second kappa shape index (κ2) is 7.20. The maximum absolute atomic E-state index is 13.5. The van der Waals surface area contributed by atoms with Gasteiger partial charge >= 0.3 is 5.97 Å². The van der Waals surface area contributed by atoms with Gasteiger partial charge in [0.2, 0.25) is 0 Å². The van der Waals surface area contributed by atoms with Crippen molar-refractivity contribution in [2.24, 2.45) is 5.92 Å². The van der Waals surface area contributed by atoms with Crippen molar-refractivity contribution < 1.29 is 18.7 Å². The monoisotopic (exact) mass is 293 g/mol. The van der Waals surface area contributed by atoms with E-state index >= 15 is 0 Å². The maximum atomic E-state index is 13.5. The quantitative estimate of drug-likeness (QED) is 0.868. The van der Waals surface area contributed by atoms with Crippen molar-refractivity contribution >= 4 is 11.9 Å². The van der Waals surface area contributed by atoms with E-state index in [2.05, 4.69) is 5.32 Å². The van der Waals surface area contributed by atoms with Crippen LogP contribution in [0.3, 0.4) is 0 Å². The Kier molecular flexibility index (Phi) is 5.31. The van der Waals surface area contributed by atoms with Gasteiger partial charge < -0.3 is 10.1 Å². The molecule has 1 aromatic rings. The number of benzene rings is 1. The summed E-state index contributed by atoms with van der Waals surface area (Å²) in [4.78, 5) is 23.6. The van der Waals surface area contributed by atoms with Gasteiger partial charge in [0, 0.05) is 6.04 Å². The molecular formula is C16H20FNO3. The summed E-state index contributed by atoms with van der Waals surface area (Å²) in [6, 6.07) is 5.91. The number of carbonyl (C=O) groups is 2. The summed E-state index contributed by atoms with van der Waals surface area (Å²) in [5.74, 6) is -1.15. The zero-order valence-corrected chi connectivity index (χ0v) is 12.1. The molecule has 0 unspecified atom stereocenters. The number of hydrogen-bond acceptors (Lipinski definition) is 3. The van der Waals surface area contributed by atoms with Gasteiger partial charge in [0.15, 0.2) is 0 Å². The molecule has 0 saturated heterocycles. The number of ether oxygens (including phenoxy) is 1. The molecule has 0 atom stereocenters. The minimum Gasteiger partial charge on any atom is -0.466 e. The molecule has 5 heteroatoms. The molecule has 0 aromatic heterocycles. The summed E-state index contributed by atoms with van der Waals surface area (Å²) in [6.45, 7) is 2.18. The standard InChI is InChI=1S/C16H20FNO3/c1-2-21-16(20)11-7-9-12(10-8-11)18-15(19)13-5-3-4-6-14(13)17/h3-6,11-12H,2,7-10H2,1H3,(H,18,19). The predicted octanol–water partition coefficient (Wildman–Crippen LogP) is 2.68. The van der Waals surface area contributed by atoms with Crippen molar-refractivity contribution in [3.8, 4) is 0 Å². The number of halogens is 1. The van der Waals surface area contributed by atoms with E-state index in [1.54, 1.807) is 19.1 Å². The third-order valence-electron chi connectivity index (χ3n) is 3.80. The van der Waals surface area contributed by atoms with Gasteiger partial charge in [-0.1, -0.05) is 12.1 Å². The highest BCUT2D eigenvalue weighted by Crippen LogP contribution is 2.25. The molecule has 1 fully saturated rings. The van der Waals surface area contributed by atoms with Gasteiger partial charge in [-0.2, -0.15) is 0 Å². The molecule has 21 heavy (non-hydrogen) atoms. The van der Waals surface area contributed by atoms with E-state index in [0.29, 0.717) is 32.3 Å². The Morgan fingerprint density at radius 2 is 1.90 bits per heavy atom. The smallest absolute Gasteiger partial charge is 0.308 e. The molecule has 0 radical (unpaired) electrons. The van der Waals surface area contributed by atoms with Crippen LogP contribution in [0.2, 0.25) is 0 Å². The van der Waals surface area contributed by atoms with Crippen LogP contribution in [0, 0.1) is 11.7 Å². The second-order valence-corrected chi connectivity index (χ2v) is 5.25. The van der Waals surface area contributed by atoms with Crippen molar-refractivity contribution in [2.75, 3.05) is 6.61 Å². The number of carbonyl (C=O) groups excluding carboxylic acids is 2. The Labute approximate surface area is 123 Å². The molecular weight excluding hydrogens is 273 g/mol. The van der Waals surface area contributed by atoms with Crippen LogP contribution in [0.5, 0.6) is 0 Å². The summed E-state index contributed by atoms with van der Waals surface area (Å²) >= 11 is 0. The first-order chi connectivity index (χ1) is 10.1. The summed E-state index contributed by atoms with van der Waals surface area (Å²) in [6.07, 6.45) is 2.81. The lowest BCUT2D eigenvalue weighted by Crippen LogP contribution is -2.39. The first-order valence-electron chi connectivity index (χ1n) is 7.33. The third-order valence-corrected chi connectivity index (χ3v) is 3.80. The summed E-state index contributed by atoms with van der Waals surface area (Å²) in [5, 5.41) is 2.84. The topological polar surface area (TPSA) is 55.4 Å². The molecule has 1 aliphatic carbocycles. The van der Waals surface area contributed by atoms with E-state index in [4.69, 9.17) is 4.74 Å². The zero-order valence-electron chi connectivity index (χ0n) is 12.1. The lowest BCUT2D eigenvalue weighted by atomic mass is 9.86. The van der Waals surface area contributed by atoms with Crippen LogP contribution in [-0.2, 0) is 9.53 Å². The van der Waals surface area contributed by atoms with Gasteiger partial charge in [0.25, 0.3) is 5.91 Å². The van der Waals surface area contributed by atoms with Crippen LogP contribution in [0.1, 0.15) is 43.0 Å². The Morgan fingerprint density at radius 3 is 2.52 bits per heavy atom. The van der Waals surface area contributed by atoms with Crippen LogP contribution in [0.15, 0.2) is 24.3 Å². The normalized spacial score (nSPS) is 21.6. The van der Waals surface area contributed by atoms with Gasteiger partial charge in [0.05, 0.1) is 18.1 Å². The summed E-state index contributed by atoms with van der Waals surface area (Å²) < 4.78 is 18.5. The fourth-order valence-electron chi connectivity index (χ4n) is 2.64. The molecule has 1 N–H and O–H groups in total. The number of esters is 1. The average molecular weight is 293 g/mol. The molecule has 1 saturated carbocycles. The summed E-state index contributed by atoms with van der Waals surface area (Å²) in [7, 11) is 0. The van der Waals surface area contributed by atoms with Crippen LogP contribution >= 0.6 is 0 Å². The minimum absolute atomic E-state index is 0.0113. The highest BCUT2D eigenvalue weighted by molar-refractivity contribution is 5.94. The molecule has 0 heterocycles. The van der Waals surface area contributed by atoms with Crippen LogP contribution in [0.4, 0.5) is 4.39 Å². The SMILES string of the molecule is CCOC(=O)C1CCC(NC(=O)c2ccccc2F)CC1. The van der Waals surface area contributed by atoms with Crippen molar-refractivity contribution in [2.45, 2.75) is 38.6 Å². The summed E-state index contributed by atoms with van der Waals surface area (Å²) in [5.41, 5.74) is 0.0602. The van der Waals surface area contributed by atoms with E-state index in [9.17, 15) is 14.0 Å². The van der Waals surface area contributed by atoms with Crippen LogP contribution in [0.25, 0.3) is 0 Å². The first-order valence-corrected chi connectivity index (χ1v) is 7.33. The molecule has 1 amide bonds. The molecule has 114 valence electrons. The molecule has 0 aliphatic heterocycles. The van der Waals surface area contributed by atoms with Gasteiger partial charge in [0.1, 0.15) is 5.82 Å². The largest absolute Gasteiger partial charge is 0.466 e. The van der Waals surface area contributed by atoms with E-state index in [1.165, 1.54) is 12.1 Å². The number of rotatable bonds is 4. The Balaban J connectivity index is 1.85. The van der Waals surface area contributed by atoms with Gasteiger partial charge in [-0.05, 0) is 44.7 Å². The van der Waals surface area contributed by atoms with E-state index in [0.717, 1.165) is 0 Å². The number of amides is 1. The van der Waals surface area contributed by atoms with Crippen molar-refractivity contribution in [1.29, 1.82) is 0 Å². The molecule has 0 bridgehead atoms. The number of nitrogens with one attached hydrogen (secondary N) is 1. The van der Waals surface area contributed by atoms with Crippen LogP contribution < -0.4 is 5.32 Å². The zero-order chi connectivity index (χ0) is 15.2. The first kappa shape index (κ1) is 15.5. The van der Waals surface area contributed by atoms with Gasteiger partial charge in [-0.25, -0.2) is 4.39 Å². The fraction of sp³-hybridized carbons (Fsp3) is 0.500. The highest BCUT2D eigenvalue weighted by atomic mass is 19.1. The Morgan fingerprint density at radius 1 is 1.24 bits per heavy atom.